The normalized spacial score (nSPS) is 11.1. The number of fused-ring (bicyclic) bond motifs is 1. The molecule has 4 aromatic rings. The molecule has 0 aliphatic rings. The van der Waals surface area contributed by atoms with Gasteiger partial charge in [0.2, 0.25) is 10.9 Å². The molecule has 0 aliphatic heterocycles. The molecule has 0 saturated heterocycles. The molecule has 4 rings (SSSR count). The third-order valence-electron chi connectivity index (χ3n) is 3.76. The molecule has 0 saturated carbocycles. The van der Waals surface area contributed by atoms with Crippen molar-refractivity contribution in [3.63, 3.8) is 0 Å². The molecular weight excluding hydrogens is 380 g/mol. The van der Waals surface area contributed by atoms with Gasteiger partial charge in [-0.1, -0.05) is 53.8 Å². The van der Waals surface area contributed by atoms with Crippen LogP contribution in [0.15, 0.2) is 76.2 Å². The molecule has 28 heavy (non-hydrogen) atoms. The number of thiazole rings is 1. The number of hydrogen-bond acceptors (Lipinski definition) is 7. The van der Waals surface area contributed by atoms with Crippen LogP contribution in [0, 0.1) is 10.1 Å². The van der Waals surface area contributed by atoms with Gasteiger partial charge >= 0.3 is 11.8 Å². The fraction of sp³-hybridized carbons (Fsp3) is 0. The zero-order chi connectivity index (χ0) is 19.5. The molecule has 1 amide bonds. The number of nitrogens with zero attached hydrogens (tertiary/aromatic N) is 4. The van der Waals surface area contributed by atoms with Gasteiger partial charge in [0.15, 0.2) is 0 Å². The first kappa shape index (κ1) is 17.6. The molecule has 0 spiro atoms. The van der Waals surface area contributed by atoms with Gasteiger partial charge in [0.05, 0.1) is 22.5 Å². The van der Waals surface area contributed by atoms with Gasteiger partial charge in [-0.15, -0.1) is 0 Å². The number of anilines is 1. The maximum atomic E-state index is 12.9. The number of rotatable bonds is 5. The minimum Gasteiger partial charge on any atom is -0.395 e. The van der Waals surface area contributed by atoms with Crippen LogP contribution in [0.25, 0.3) is 10.2 Å². The highest BCUT2D eigenvalue weighted by Gasteiger charge is 2.26. The number of carbonyl (C=O) groups is 1. The number of hydrogen-bond donors (Lipinski definition) is 0. The van der Waals surface area contributed by atoms with Crippen LogP contribution in [-0.4, -0.2) is 22.0 Å². The molecule has 0 radical (unpaired) electrons. The second kappa shape index (κ2) is 7.41. The minimum atomic E-state index is -0.702. The van der Waals surface area contributed by atoms with Gasteiger partial charge in [0.1, 0.15) is 4.92 Å². The average molecular weight is 392 g/mol. The Kier molecular flexibility index (Phi) is 4.65. The second-order valence-corrected chi connectivity index (χ2v) is 6.64. The lowest BCUT2D eigenvalue weighted by Crippen LogP contribution is -2.25. The van der Waals surface area contributed by atoms with Crippen LogP contribution >= 0.6 is 11.3 Å². The van der Waals surface area contributed by atoms with Crippen LogP contribution in [0.1, 0.15) is 16.1 Å². The largest absolute Gasteiger partial charge is 0.433 e. The summed E-state index contributed by atoms with van der Waals surface area (Å²) in [5, 5.41) is 16.5. The molecule has 0 fully saturated rings. The number of para-hydroxylation sites is 1. The number of benzene rings is 2. The monoisotopic (exact) mass is 392 g/mol. The SMILES string of the molecule is O=C(c1ccc([N+](=O)[O-])o1)N(/N=C/c1ccccc1)c1nc2ccccc2s1. The summed E-state index contributed by atoms with van der Waals surface area (Å²) in [5.41, 5.74) is 1.51. The first-order valence-electron chi connectivity index (χ1n) is 8.15. The number of carbonyl (C=O) groups excluding carboxylic acids is 1. The van der Waals surface area contributed by atoms with Gasteiger partial charge in [-0.2, -0.15) is 10.1 Å². The Hall–Kier alpha value is -3.85. The summed E-state index contributed by atoms with van der Waals surface area (Å²) in [7, 11) is 0. The Morgan fingerprint density at radius 3 is 2.57 bits per heavy atom. The second-order valence-electron chi connectivity index (χ2n) is 5.63. The van der Waals surface area contributed by atoms with Crippen LogP contribution in [0.4, 0.5) is 11.0 Å². The Bertz CT molecular complexity index is 1150. The van der Waals surface area contributed by atoms with E-state index in [2.05, 4.69) is 10.1 Å². The first-order chi connectivity index (χ1) is 13.6. The van der Waals surface area contributed by atoms with Crippen LogP contribution in [0.2, 0.25) is 0 Å². The number of nitro groups is 1. The summed E-state index contributed by atoms with van der Waals surface area (Å²) in [6.07, 6.45) is 1.52. The Labute approximate surface area is 162 Å². The number of aromatic nitrogens is 1. The smallest absolute Gasteiger partial charge is 0.395 e. The van der Waals surface area contributed by atoms with Crippen molar-refractivity contribution in [1.29, 1.82) is 0 Å². The van der Waals surface area contributed by atoms with E-state index >= 15 is 0 Å². The molecule has 8 nitrogen and oxygen atoms in total. The maximum absolute atomic E-state index is 12.9. The lowest BCUT2D eigenvalue weighted by Gasteiger charge is -2.11. The summed E-state index contributed by atoms with van der Waals surface area (Å²) < 4.78 is 5.93. The van der Waals surface area contributed by atoms with Crippen molar-refractivity contribution in [3.05, 3.63) is 88.2 Å². The predicted octanol–water partition coefficient (Wildman–Crippen LogP) is 4.48. The molecule has 0 N–H and O–H groups in total. The van der Waals surface area contributed by atoms with Gasteiger partial charge in [-0.25, -0.2) is 4.98 Å². The Morgan fingerprint density at radius 1 is 1.11 bits per heavy atom. The lowest BCUT2D eigenvalue weighted by atomic mass is 10.2. The first-order valence-corrected chi connectivity index (χ1v) is 8.97. The lowest BCUT2D eigenvalue weighted by molar-refractivity contribution is -0.402. The van der Waals surface area contributed by atoms with Crippen molar-refractivity contribution >= 4 is 44.7 Å². The van der Waals surface area contributed by atoms with E-state index in [0.717, 1.165) is 26.9 Å². The summed E-state index contributed by atoms with van der Waals surface area (Å²) in [6, 6.07) is 19.1. The number of furan rings is 1. The fourth-order valence-corrected chi connectivity index (χ4v) is 3.37. The van der Waals surface area contributed by atoms with Crippen LogP contribution in [-0.2, 0) is 0 Å². The molecule has 0 atom stereocenters. The highest BCUT2D eigenvalue weighted by molar-refractivity contribution is 7.22. The van der Waals surface area contributed by atoms with E-state index < -0.39 is 16.7 Å². The maximum Gasteiger partial charge on any atom is 0.433 e. The zero-order valence-electron chi connectivity index (χ0n) is 14.3. The Balaban J connectivity index is 1.74. The molecule has 0 unspecified atom stereocenters. The molecule has 9 heteroatoms. The third-order valence-corrected chi connectivity index (χ3v) is 4.77. The van der Waals surface area contributed by atoms with Crippen molar-refractivity contribution in [3.8, 4) is 0 Å². The highest BCUT2D eigenvalue weighted by Crippen LogP contribution is 2.30. The molecule has 2 aromatic carbocycles. The van der Waals surface area contributed by atoms with Crippen LogP contribution in [0.5, 0.6) is 0 Å². The highest BCUT2D eigenvalue weighted by atomic mass is 32.1. The van der Waals surface area contributed by atoms with Crippen molar-refractivity contribution < 1.29 is 14.1 Å². The van der Waals surface area contributed by atoms with E-state index in [9.17, 15) is 14.9 Å². The number of amides is 1. The summed E-state index contributed by atoms with van der Waals surface area (Å²) in [4.78, 5) is 27.5. The van der Waals surface area contributed by atoms with E-state index in [1.807, 2.05) is 54.6 Å². The van der Waals surface area contributed by atoms with Gasteiger partial charge in [-0.3, -0.25) is 14.9 Å². The van der Waals surface area contributed by atoms with E-state index in [1.165, 1.54) is 23.6 Å². The van der Waals surface area contributed by atoms with E-state index in [1.54, 1.807) is 0 Å². The third kappa shape index (κ3) is 3.51. The van der Waals surface area contributed by atoms with Gasteiger partial charge in [0, 0.05) is 0 Å². The van der Waals surface area contributed by atoms with Gasteiger partial charge < -0.3 is 4.42 Å². The molecular formula is C19H12N4O4S. The van der Waals surface area contributed by atoms with E-state index in [-0.39, 0.29) is 5.76 Å². The molecule has 2 aromatic heterocycles. The zero-order valence-corrected chi connectivity index (χ0v) is 15.1. The van der Waals surface area contributed by atoms with Crippen molar-refractivity contribution in [2.45, 2.75) is 0 Å². The molecule has 0 bridgehead atoms. The Morgan fingerprint density at radius 2 is 1.86 bits per heavy atom. The van der Waals surface area contributed by atoms with Crippen molar-refractivity contribution in [1.82, 2.24) is 4.98 Å². The molecule has 2 heterocycles. The predicted molar refractivity (Wildman–Crippen MR) is 106 cm³/mol. The summed E-state index contributed by atoms with van der Waals surface area (Å²) >= 11 is 1.28. The van der Waals surface area contributed by atoms with Gasteiger partial charge in [0.25, 0.3) is 0 Å². The standard InChI is InChI=1S/C19H12N4O4S/c24-18(15-10-11-17(27-15)23(25)26)22(20-12-13-6-2-1-3-7-13)19-21-14-8-4-5-9-16(14)28-19/h1-12H/b20-12+. The van der Waals surface area contributed by atoms with Gasteiger partial charge in [-0.05, 0) is 23.8 Å². The quantitative estimate of drug-likeness (QED) is 0.283. The van der Waals surface area contributed by atoms with Crippen LogP contribution < -0.4 is 5.01 Å². The summed E-state index contributed by atoms with van der Waals surface area (Å²) in [5.74, 6) is -1.37. The minimum absolute atomic E-state index is 0.198. The summed E-state index contributed by atoms with van der Waals surface area (Å²) in [6.45, 7) is 0. The topological polar surface area (TPSA) is 102 Å². The van der Waals surface area contributed by atoms with Crippen molar-refractivity contribution in [2.24, 2.45) is 5.10 Å². The molecule has 138 valence electrons. The van der Waals surface area contributed by atoms with E-state index in [0.29, 0.717) is 5.13 Å². The average Bonchev–Trinajstić information content (AvgIpc) is 3.36. The number of hydrazone groups is 1. The fourth-order valence-electron chi connectivity index (χ4n) is 2.45. The van der Waals surface area contributed by atoms with Crippen LogP contribution in [0.3, 0.4) is 0 Å². The van der Waals surface area contributed by atoms with Crippen molar-refractivity contribution in [2.75, 3.05) is 5.01 Å². The molecule has 0 aliphatic carbocycles. The van der Waals surface area contributed by atoms with E-state index in [4.69, 9.17) is 4.42 Å².